The van der Waals surface area contributed by atoms with Gasteiger partial charge in [-0.3, -0.25) is 19.4 Å². The number of hydrogen-bond donors (Lipinski definition) is 2. The Morgan fingerprint density at radius 3 is 2.25 bits per heavy atom. The lowest BCUT2D eigenvalue weighted by molar-refractivity contribution is -0.151. The molecule has 4 amide bonds. The SMILES string of the molecule is CCc1ccc([C@@H]2NC(=O)NC(CN3CC(=O)N(CCc4ccccc4)C(=O)C3)=C2C(=O)OC)cc1. The molecule has 2 aliphatic rings. The highest BCUT2D eigenvalue weighted by atomic mass is 16.5. The number of methoxy groups -OCH3 is 1. The Labute approximate surface area is 210 Å². The van der Waals surface area contributed by atoms with Gasteiger partial charge in [0.2, 0.25) is 11.8 Å². The average Bonchev–Trinajstić information content (AvgIpc) is 2.88. The third kappa shape index (κ3) is 5.63. The Bertz CT molecular complexity index is 1160. The lowest BCUT2D eigenvalue weighted by Gasteiger charge is -2.35. The van der Waals surface area contributed by atoms with Gasteiger partial charge in [0.05, 0.1) is 31.8 Å². The Morgan fingerprint density at radius 1 is 0.972 bits per heavy atom. The second-order valence-electron chi connectivity index (χ2n) is 8.83. The highest BCUT2D eigenvalue weighted by molar-refractivity contribution is 5.99. The van der Waals surface area contributed by atoms with Crippen molar-refractivity contribution in [2.75, 3.05) is 33.3 Å². The third-order valence-electron chi connectivity index (χ3n) is 6.45. The molecule has 0 aliphatic carbocycles. The number of aryl methyl sites for hydroxylation is 1. The molecule has 1 saturated heterocycles. The summed E-state index contributed by atoms with van der Waals surface area (Å²) in [6.45, 7) is 2.39. The molecule has 9 nitrogen and oxygen atoms in total. The number of piperazine rings is 1. The normalized spacial score (nSPS) is 18.7. The van der Waals surface area contributed by atoms with Gasteiger partial charge in [0, 0.05) is 18.8 Å². The Kier molecular flexibility index (Phi) is 7.80. The van der Waals surface area contributed by atoms with Gasteiger partial charge < -0.3 is 15.4 Å². The quantitative estimate of drug-likeness (QED) is 0.433. The van der Waals surface area contributed by atoms with Crippen LogP contribution in [-0.4, -0.2) is 66.9 Å². The van der Waals surface area contributed by atoms with Crippen molar-refractivity contribution in [3.05, 3.63) is 82.6 Å². The van der Waals surface area contributed by atoms with Gasteiger partial charge in [0.1, 0.15) is 0 Å². The van der Waals surface area contributed by atoms with E-state index in [-0.39, 0.29) is 37.0 Å². The van der Waals surface area contributed by atoms with Crippen LogP contribution in [0.4, 0.5) is 4.79 Å². The first-order valence-corrected chi connectivity index (χ1v) is 12.0. The smallest absolute Gasteiger partial charge is 0.338 e. The molecule has 1 atom stereocenters. The van der Waals surface area contributed by atoms with Crippen molar-refractivity contribution in [3.63, 3.8) is 0 Å². The maximum absolute atomic E-state index is 12.8. The summed E-state index contributed by atoms with van der Waals surface area (Å²) in [5.41, 5.74) is 3.47. The Morgan fingerprint density at radius 2 is 1.64 bits per heavy atom. The number of carbonyl (C=O) groups is 4. The number of rotatable bonds is 8. The van der Waals surface area contributed by atoms with Gasteiger partial charge in [-0.25, -0.2) is 9.59 Å². The molecule has 0 saturated carbocycles. The highest BCUT2D eigenvalue weighted by Crippen LogP contribution is 2.28. The molecule has 0 unspecified atom stereocenters. The van der Waals surface area contributed by atoms with Crippen molar-refractivity contribution in [2.45, 2.75) is 25.8 Å². The van der Waals surface area contributed by atoms with E-state index in [9.17, 15) is 19.2 Å². The van der Waals surface area contributed by atoms with Crippen molar-refractivity contribution in [1.82, 2.24) is 20.4 Å². The molecule has 0 bridgehead atoms. The van der Waals surface area contributed by atoms with Crippen LogP contribution in [0, 0.1) is 0 Å². The first kappa shape index (κ1) is 25.1. The number of ether oxygens (including phenoxy) is 1. The summed E-state index contributed by atoms with van der Waals surface area (Å²) < 4.78 is 5.03. The summed E-state index contributed by atoms with van der Waals surface area (Å²) in [4.78, 5) is 53.8. The predicted octanol–water partition coefficient (Wildman–Crippen LogP) is 1.94. The Balaban J connectivity index is 1.52. The maximum atomic E-state index is 12.8. The molecule has 0 aromatic heterocycles. The molecule has 2 N–H and O–H groups in total. The average molecular weight is 491 g/mol. The van der Waals surface area contributed by atoms with E-state index in [4.69, 9.17) is 4.74 Å². The zero-order valence-corrected chi connectivity index (χ0v) is 20.5. The van der Waals surface area contributed by atoms with Gasteiger partial charge in [-0.1, -0.05) is 61.5 Å². The van der Waals surface area contributed by atoms with E-state index in [1.807, 2.05) is 61.5 Å². The van der Waals surface area contributed by atoms with E-state index in [1.54, 1.807) is 4.90 Å². The fraction of sp³-hybridized carbons (Fsp3) is 0.333. The van der Waals surface area contributed by atoms with Gasteiger partial charge in [-0.05, 0) is 29.5 Å². The van der Waals surface area contributed by atoms with Crippen molar-refractivity contribution >= 4 is 23.8 Å². The number of carbonyl (C=O) groups excluding carboxylic acids is 4. The standard InChI is InChI=1S/C27H30N4O5/c1-3-18-9-11-20(12-10-18)25-24(26(34)36-2)21(28-27(35)29-25)15-30-16-22(32)31(23(33)17-30)14-13-19-7-5-4-6-8-19/h4-12,25H,3,13-17H2,1-2H3,(H2,28,29,35)/t25-/m0/s1. The molecular formula is C27H30N4O5. The summed E-state index contributed by atoms with van der Waals surface area (Å²) in [5, 5.41) is 5.48. The van der Waals surface area contributed by atoms with E-state index >= 15 is 0 Å². The zero-order chi connectivity index (χ0) is 25.7. The summed E-state index contributed by atoms with van der Waals surface area (Å²) in [5.74, 6) is -1.22. The van der Waals surface area contributed by atoms with Crippen molar-refractivity contribution < 1.29 is 23.9 Å². The number of amides is 4. The fourth-order valence-corrected chi connectivity index (χ4v) is 4.51. The molecule has 36 heavy (non-hydrogen) atoms. The molecular weight excluding hydrogens is 460 g/mol. The van der Waals surface area contributed by atoms with E-state index in [0.717, 1.165) is 23.1 Å². The first-order chi connectivity index (χ1) is 17.4. The van der Waals surface area contributed by atoms with Crippen LogP contribution < -0.4 is 10.6 Å². The second-order valence-corrected chi connectivity index (χ2v) is 8.83. The lowest BCUT2D eigenvalue weighted by Crippen LogP contribution is -2.56. The van der Waals surface area contributed by atoms with Crippen molar-refractivity contribution in [3.8, 4) is 0 Å². The molecule has 188 valence electrons. The number of imide groups is 1. The minimum Gasteiger partial charge on any atom is -0.466 e. The Hall–Kier alpha value is -3.98. The minimum absolute atomic E-state index is 0.00234. The zero-order valence-electron chi connectivity index (χ0n) is 20.5. The molecule has 9 heteroatoms. The van der Waals surface area contributed by atoms with Gasteiger partial charge in [-0.2, -0.15) is 0 Å². The lowest BCUT2D eigenvalue weighted by atomic mass is 9.94. The summed E-state index contributed by atoms with van der Waals surface area (Å²) in [6.07, 6.45) is 1.44. The van der Waals surface area contributed by atoms with Crippen LogP contribution in [0.25, 0.3) is 0 Å². The van der Waals surface area contributed by atoms with Gasteiger partial charge >= 0.3 is 12.0 Å². The number of hydrogen-bond acceptors (Lipinski definition) is 6. The van der Waals surface area contributed by atoms with Crippen LogP contribution in [0.15, 0.2) is 65.9 Å². The van der Waals surface area contributed by atoms with E-state index < -0.39 is 18.0 Å². The summed E-state index contributed by atoms with van der Waals surface area (Å²) in [7, 11) is 1.28. The molecule has 1 fully saturated rings. The summed E-state index contributed by atoms with van der Waals surface area (Å²) >= 11 is 0. The van der Waals surface area contributed by atoms with E-state index in [0.29, 0.717) is 18.7 Å². The second kappa shape index (κ2) is 11.2. The fourth-order valence-electron chi connectivity index (χ4n) is 4.51. The molecule has 0 radical (unpaired) electrons. The summed E-state index contributed by atoms with van der Waals surface area (Å²) in [6, 6.07) is 16.1. The van der Waals surface area contributed by atoms with Crippen LogP contribution in [-0.2, 0) is 32.0 Å². The third-order valence-corrected chi connectivity index (χ3v) is 6.45. The van der Waals surface area contributed by atoms with Crippen LogP contribution in [0.2, 0.25) is 0 Å². The van der Waals surface area contributed by atoms with Gasteiger partial charge in [0.15, 0.2) is 0 Å². The molecule has 2 heterocycles. The number of nitrogens with one attached hydrogen (secondary N) is 2. The van der Waals surface area contributed by atoms with E-state index in [2.05, 4.69) is 10.6 Å². The van der Waals surface area contributed by atoms with Gasteiger partial charge in [0.25, 0.3) is 0 Å². The maximum Gasteiger partial charge on any atom is 0.338 e. The molecule has 4 rings (SSSR count). The molecule has 0 spiro atoms. The minimum atomic E-state index is -0.717. The predicted molar refractivity (Wildman–Crippen MR) is 133 cm³/mol. The van der Waals surface area contributed by atoms with Crippen LogP contribution in [0.1, 0.15) is 29.7 Å². The molecule has 2 aliphatic heterocycles. The molecule has 2 aromatic rings. The highest BCUT2D eigenvalue weighted by Gasteiger charge is 2.36. The first-order valence-electron chi connectivity index (χ1n) is 12.0. The monoisotopic (exact) mass is 490 g/mol. The molecule has 2 aromatic carbocycles. The van der Waals surface area contributed by atoms with Crippen molar-refractivity contribution in [2.24, 2.45) is 0 Å². The topological polar surface area (TPSA) is 108 Å². The number of nitrogens with zero attached hydrogens (tertiary/aromatic N) is 2. The number of esters is 1. The van der Waals surface area contributed by atoms with Crippen LogP contribution >= 0.6 is 0 Å². The van der Waals surface area contributed by atoms with Gasteiger partial charge in [-0.15, -0.1) is 0 Å². The largest absolute Gasteiger partial charge is 0.466 e. The van der Waals surface area contributed by atoms with E-state index in [1.165, 1.54) is 12.0 Å². The number of urea groups is 1. The number of benzene rings is 2. The van der Waals surface area contributed by atoms with Crippen LogP contribution in [0.5, 0.6) is 0 Å². The van der Waals surface area contributed by atoms with Crippen LogP contribution in [0.3, 0.4) is 0 Å². The van der Waals surface area contributed by atoms with Crippen molar-refractivity contribution in [1.29, 1.82) is 0 Å².